The summed E-state index contributed by atoms with van der Waals surface area (Å²) in [6.45, 7) is 0.299. The number of halogens is 1. The summed E-state index contributed by atoms with van der Waals surface area (Å²) in [5.41, 5.74) is 0.833. The van der Waals surface area contributed by atoms with Crippen LogP contribution in [0.2, 0.25) is 0 Å². The quantitative estimate of drug-likeness (QED) is 0.740. The molecular formula is C7H8BrNO2. The average molecular weight is 218 g/mol. The number of rotatable bonds is 2. The first-order chi connectivity index (χ1) is 5.22. The Morgan fingerprint density at radius 1 is 1.45 bits per heavy atom. The summed E-state index contributed by atoms with van der Waals surface area (Å²) in [5, 5.41) is 9.09. The minimum Gasteiger partial charge on any atom is -0.508 e. The molecule has 11 heavy (non-hydrogen) atoms. The van der Waals surface area contributed by atoms with Gasteiger partial charge in [0.2, 0.25) is 0 Å². The maximum atomic E-state index is 9.09. The zero-order valence-corrected chi connectivity index (χ0v) is 7.34. The molecule has 3 N–H and O–H groups in total. The topological polar surface area (TPSA) is 55.5 Å². The summed E-state index contributed by atoms with van der Waals surface area (Å²) in [6, 6.07) is 5.02. The fourth-order valence-electron chi connectivity index (χ4n) is 0.813. The molecule has 0 saturated heterocycles. The van der Waals surface area contributed by atoms with Gasteiger partial charge in [-0.3, -0.25) is 4.84 Å². The van der Waals surface area contributed by atoms with Crippen molar-refractivity contribution in [1.82, 2.24) is 0 Å². The summed E-state index contributed by atoms with van der Waals surface area (Å²) in [7, 11) is 0. The van der Waals surface area contributed by atoms with Crippen LogP contribution in [-0.4, -0.2) is 5.11 Å². The number of aromatic hydroxyl groups is 1. The van der Waals surface area contributed by atoms with Gasteiger partial charge in [0.05, 0.1) is 6.61 Å². The molecule has 1 rings (SSSR count). The minimum atomic E-state index is 0.200. The van der Waals surface area contributed by atoms with Gasteiger partial charge in [0.25, 0.3) is 0 Å². The highest BCUT2D eigenvalue weighted by atomic mass is 79.9. The van der Waals surface area contributed by atoms with E-state index in [1.54, 1.807) is 12.1 Å². The zero-order valence-electron chi connectivity index (χ0n) is 5.75. The van der Waals surface area contributed by atoms with E-state index >= 15 is 0 Å². The number of phenolic OH excluding ortho intramolecular Hbond substituents is 1. The molecule has 3 nitrogen and oxygen atoms in total. The van der Waals surface area contributed by atoms with Crippen LogP contribution >= 0.6 is 15.9 Å². The third-order valence-electron chi connectivity index (χ3n) is 1.19. The molecule has 1 aromatic carbocycles. The van der Waals surface area contributed by atoms with Crippen LogP contribution in [0.4, 0.5) is 0 Å². The van der Waals surface area contributed by atoms with Crippen molar-refractivity contribution in [2.24, 2.45) is 5.90 Å². The summed E-state index contributed by atoms with van der Waals surface area (Å²) >= 11 is 3.23. The summed E-state index contributed by atoms with van der Waals surface area (Å²) in [6.07, 6.45) is 0. The predicted molar refractivity (Wildman–Crippen MR) is 44.8 cm³/mol. The number of hydrogen-bond acceptors (Lipinski definition) is 3. The standard InChI is InChI=1S/C7H8BrNO2/c8-6-1-5(4-11-9)2-7(10)3-6/h1-3,10H,4,9H2. The summed E-state index contributed by atoms with van der Waals surface area (Å²) in [4.78, 5) is 4.41. The third kappa shape index (κ3) is 2.49. The van der Waals surface area contributed by atoms with Gasteiger partial charge in [-0.1, -0.05) is 15.9 Å². The highest BCUT2D eigenvalue weighted by molar-refractivity contribution is 9.10. The van der Waals surface area contributed by atoms with E-state index in [-0.39, 0.29) is 5.75 Å². The molecular weight excluding hydrogens is 210 g/mol. The Balaban J connectivity index is 2.89. The fourth-order valence-corrected chi connectivity index (χ4v) is 1.34. The summed E-state index contributed by atoms with van der Waals surface area (Å²) < 4.78 is 0.810. The highest BCUT2D eigenvalue weighted by Gasteiger charge is 1.96. The van der Waals surface area contributed by atoms with E-state index in [4.69, 9.17) is 11.0 Å². The van der Waals surface area contributed by atoms with Crippen LogP contribution in [0, 0.1) is 0 Å². The molecule has 0 radical (unpaired) electrons. The van der Waals surface area contributed by atoms with Gasteiger partial charge in [-0.15, -0.1) is 0 Å². The van der Waals surface area contributed by atoms with Crippen molar-refractivity contribution in [3.63, 3.8) is 0 Å². The molecule has 0 bridgehead atoms. The molecule has 4 heteroatoms. The lowest BCUT2D eigenvalue weighted by Crippen LogP contribution is -1.98. The van der Waals surface area contributed by atoms with Crippen LogP contribution < -0.4 is 5.90 Å². The Labute approximate surface area is 72.9 Å². The Bertz CT molecular complexity index is 232. The Kier molecular flexibility index (Phi) is 2.87. The van der Waals surface area contributed by atoms with E-state index < -0.39 is 0 Å². The largest absolute Gasteiger partial charge is 0.508 e. The number of nitrogens with two attached hydrogens (primary N) is 1. The monoisotopic (exact) mass is 217 g/mol. The number of benzene rings is 1. The van der Waals surface area contributed by atoms with Gasteiger partial charge < -0.3 is 5.11 Å². The van der Waals surface area contributed by atoms with Crippen molar-refractivity contribution in [2.45, 2.75) is 6.61 Å². The van der Waals surface area contributed by atoms with Crippen LogP contribution in [-0.2, 0) is 11.4 Å². The molecule has 0 atom stereocenters. The molecule has 0 unspecified atom stereocenters. The van der Waals surface area contributed by atoms with Crippen molar-refractivity contribution in [1.29, 1.82) is 0 Å². The van der Waals surface area contributed by atoms with Crippen LogP contribution in [0.1, 0.15) is 5.56 Å². The minimum absolute atomic E-state index is 0.200. The van der Waals surface area contributed by atoms with E-state index in [1.807, 2.05) is 6.07 Å². The van der Waals surface area contributed by atoms with Gasteiger partial charge >= 0.3 is 0 Å². The van der Waals surface area contributed by atoms with Crippen molar-refractivity contribution < 1.29 is 9.94 Å². The molecule has 60 valence electrons. The van der Waals surface area contributed by atoms with Gasteiger partial charge in [-0.2, -0.15) is 0 Å². The van der Waals surface area contributed by atoms with Crippen LogP contribution in [0.5, 0.6) is 5.75 Å². The van der Waals surface area contributed by atoms with Crippen molar-refractivity contribution >= 4 is 15.9 Å². The lowest BCUT2D eigenvalue weighted by Gasteiger charge is -2.00. The fraction of sp³-hybridized carbons (Fsp3) is 0.143. The first-order valence-corrected chi connectivity index (χ1v) is 3.82. The van der Waals surface area contributed by atoms with E-state index in [0.29, 0.717) is 6.61 Å². The van der Waals surface area contributed by atoms with Crippen molar-refractivity contribution in [3.8, 4) is 5.75 Å². The van der Waals surface area contributed by atoms with Gasteiger partial charge in [0.1, 0.15) is 5.75 Å². The van der Waals surface area contributed by atoms with Crippen molar-refractivity contribution in [2.75, 3.05) is 0 Å². The lowest BCUT2D eigenvalue weighted by atomic mass is 10.2. The number of hydrogen-bond donors (Lipinski definition) is 2. The maximum Gasteiger partial charge on any atom is 0.117 e. The zero-order chi connectivity index (χ0) is 8.27. The lowest BCUT2D eigenvalue weighted by molar-refractivity contribution is 0.124. The van der Waals surface area contributed by atoms with Gasteiger partial charge in [-0.25, -0.2) is 5.90 Å². The third-order valence-corrected chi connectivity index (χ3v) is 1.65. The van der Waals surface area contributed by atoms with Gasteiger partial charge in [-0.05, 0) is 23.8 Å². The van der Waals surface area contributed by atoms with Gasteiger partial charge in [0.15, 0.2) is 0 Å². The van der Waals surface area contributed by atoms with Crippen molar-refractivity contribution in [3.05, 3.63) is 28.2 Å². The second-order valence-electron chi connectivity index (χ2n) is 2.13. The van der Waals surface area contributed by atoms with E-state index in [9.17, 15) is 0 Å². The Hall–Kier alpha value is -0.580. The second-order valence-corrected chi connectivity index (χ2v) is 3.04. The Morgan fingerprint density at radius 2 is 2.18 bits per heavy atom. The molecule has 0 fully saturated rings. The van der Waals surface area contributed by atoms with E-state index in [0.717, 1.165) is 10.0 Å². The van der Waals surface area contributed by atoms with Crippen LogP contribution in [0.15, 0.2) is 22.7 Å². The summed E-state index contributed by atoms with van der Waals surface area (Å²) in [5.74, 6) is 5.06. The highest BCUT2D eigenvalue weighted by Crippen LogP contribution is 2.20. The molecule has 0 aliphatic heterocycles. The molecule has 0 aliphatic rings. The second kappa shape index (κ2) is 3.71. The number of phenols is 1. The predicted octanol–water partition coefficient (Wildman–Crippen LogP) is 1.54. The maximum absolute atomic E-state index is 9.09. The molecule has 0 aromatic heterocycles. The van der Waals surface area contributed by atoms with E-state index in [1.165, 1.54) is 0 Å². The molecule has 0 heterocycles. The first kappa shape index (κ1) is 8.52. The average Bonchev–Trinajstić information content (AvgIpc) is 1.85. The normalized spacial score (nSPS) is 10.0. The Morgan fingerprint density at radius 3 is 2.73 bits per heavy atom. The molecule has 0 aliphatic carbocycles. The molecule has 0 amide bonds. The van der Waals surface area contributed by atoms with Gasteiger partial charge in [0, 0.05) is 4.47 Å². The smallest absolute Gasteiger partial charge is 0.117 e. The molecule has 0 spiro atoms. The SMILES string of the molecule is NOCc1cc(O)cc(Br)c1. The molecule has 1 aromatic rings. The molecule has 0 saturated carbocycles. The first-order valence-electron chi connectivity index (χ1n) is 3.02. The van der Waals surface area contributed by atoms with Crippen LogP contribution in [0.3, 0.4) is 0 Å². The van der Waals surface area contributed by atoms with E-state index in [2.05, 4.69) is 20.8 Å². The van der Waals surface area contributed by atoms with Crippen LogP contribution in [0.25, 0.3) is 0 Å².